The van der Waals surface area contributed by atoms with Crippen LogP contribution in [0.2, 0.25) is 5.02 Å². The van der Waals surface area contributed by atoms with Crippen molar-refractivity contribution >= 4 is 39.7 Å². The molecular formula is C14H13BrClN3O3. The number of halogens is 2. The number of hydrazone groups is 1. The summed E-state index contributed by atoms with van der Waals surface area (Å²) in [5, 5.41) is 13.7. The zero-order valence-electron chi connectivity index (χ0n) is 11.6. The average Bonchev–Trinajstić information content (AvgIpc) is 2.91. The van der Waals surface area contributed by atoms with Gasteiger partial charge in [0.1, 0.15) is 5.69 Å². The summed E-state index contributed by atoms with van der Waals surface area (Å²) < 4.78 is 6.04. The van der Waals surface area contributed by atoms with Crippen LogP contribution in [0.3, 0.4) is 0 Å². The summed E-state index contributed by atoms with van der Waals surface area (Å²) in [6.45, 7) is 2.19. The second-order valence-electron chi connectivity index (χ2n) is 4.21. The number of nitrogens with one attached hydrogen (secondary N) is 2. The monoisotopic (exact) mass is 385 g/mol. The van der Waals surface area contributed by atoms with Gasteiger partial charge in [0.2, 0.25) is 0 Å². The molecule has 3 N–H and O–H groups in total. The number of carbonyl (C=O) groups is 1. The number of H-pyrrole nitrogens is 1. The van der Waals surface area contributed by atoms with Crippen molar-refractivity contribution in [3.8, 4) is 11.5 Å². The molecule has 0 saturated carbocycles. The largest absolute Gasteiger partial charge is 0.503 e. The molecule has 1 heterocycles. The predicted molar refractivity (Wildman–Crippen MR) is 87.8 cm³/mol. The molecule has 0 saturated heterocycles. The maximum atomic E-state index is 11.8. The third-order valence-corrected chi connectivity index (χ3v) is 3.37. The Kier molecular flexibility index (Phi) is 5.46. The van der Waals surface area contributed by atoms with Crippen molar-refractivity contribution in [3.05, 3.63) is 45.1 Å². The molecule has 0 spiro atoms. The van der Waals surface area contributed by atoms with Gasteiger partial charge in [0, 0.05) is 10.7 Å². The number of hydrogen-bond donors (Lipinski definition) is 3. The fourth-order valence-electron chi connectivity index (χ4n) is 1.66. The molecule has 0 radical (unpaired) electrons. The Labute approximate surface area is 140 Å². The lowest BCUT2D eigenvalue weighted by molar-refractivity contribution is 0.0951. The summed E-state index contributed by atoms with van der Waals surface area (Å²) >= 11 is 9.15. The van der Waals surface area contributed by atoms with Crippen molar-refractivity contribution in [1.82, 2.24) is 10.4 Å². The van der Waals surface area contributed by atoms with E-state index in [-0.39, 0.29) is 22.4 Å². The SMILES string of the molecule is CCOc1cc(/C=N/NC(=O)c2cc(Br)c[nH]2)cc(Cl)c1O. The number of rotatable bonds is 5. The van der Waals surface area contributed by atoms with Crippen molar-refractivity contribution in [2.75, 3.05) is 6.61 Å². The number of carbonyl (C=O) groups excluding carboxylic acids is 1. The Morgan fingerprint density at radius 3 is 2.95 bits per heavy atom. The fourth-order valence-corrected chi connectivity index (χ4v) is 2.22. The van der Waals surface area contributed by atoms with E-state index in [1.807, 2.05) is 0 Å². The molecular weight excluding hydrogens is 374 g/mol. The highest BCUT2D eigenvalue weighted by Gasteiger charge is 2.09. The molecule has 0 atom stereocenters. The van der Waals surface area contributed by atoms with Crippen LogP contribution in [0.1, 0.15) is 23.0 Å². The van der Waals surface area contributed by atoms with E-state index < -0.39 is 0 Å². The zero-order valence-corrected chi connectivity index (χ0v) is 13.9. The van der Waals surface area contributed by atoms with Crippen LogP contribution in [0.25, 0.3) is 0 Å². The third-order valence-electron chi connectivity index (χ3n) is 2.62. The Balaban J connectivity index is 2.08. The van der Waals surface area contributed by atoms with Gasteiger partial charge >= 0.3 is 0 Å². The minimum atomic E-state index is -0.378. The van der Waals surface area contributed by atoms with Crippen molar-refractivity contribution in [2.45, 2.75) is 6.92 Å². The van der Waals surface area contributed by atoms with Gasteiger partial charge in [0.15, 0.2) is 11.5 Å². The molecule has 22 heavy (non-hydrogen) atoms. The van der Waals surface area contributed by atoms with Gasteiger partial charge in [0.25, 0.3) is 5.91 Å². The van der Waals surface area contributed by atoms with Crippen molar-refractivity contribution in [3.63, 3.8) is 0 Å². The first kappa shape index (κ1) is 16.4. The van der Waals surface area contributed by atoms with E-state index in [0.29, 0.717) is 17.9 Å². The molecule has 0 aliphatic rings. The van der Waals surface area contributed by atoms with Gasteiger partial charge in [0.05, 0.1) is 17.8 Å². The molecule has 0 fully saturated rings. The molecule has 0 bridgehead atoms. The van der Waals surface area contributed by atoms with E-state index in [9.17, 15) is 9.90 Å². The minimum absolute atomic E-state index is 0.124. The quantitative estimate of drug-likeness (QED) is 0.544. The first-order valence-electron chi connectivity index (χ1n) is 6.34. The van der Waals surface area contributed by atoms with Crippen LogP contribution >= 0.6 is 27.5 Å². The zero-order chi connectivity index (χ0) is 16.1. The average molecular weight is 387 g/mol. The standard InChI is InChI=1S/C14H13BrClN3O3/c1-2-22-12-4-8(3-10(16)13(12)20)6-18-19-14(21)11-5-9(15)7-17-11/h3-7,17,20H,2H2,1H3,(H,19,21)/b18-6+. The van der Waals surface area contributed by atoms with Crippen LogP contribution in [0.15, 0.2) is 34.0 Å². The molecule has 1 aromatic carbocycles. The van der Waals surface area contributed by atoms with E-state index >= 15 is 0 Å². The number of phenols is 1. The van der Waals surface area contributed by atoms with Crippen molar-refractivity contribution in [2.24, 2.45) is 5.10 Å². The summed E-state index contributed by atoms with van der Waals surface area (Å²) in [6, 6.07) is 4.72. The summed E-state index contributed by atoms with van der Waals surface area (Å²) in [4.78, 5) is 14.6. The van der Waals surface area contributed by atoms with Crippen LogP contribution in [-0.4, -0.2) is 28.8 Å². The molecule has 1 amide bonds. The smallest absolute Gasteiger partial charge is 0.287 e. The second kappa shape index (κ2) is 7.33. The summed E-state index contributed by atoms with van der Waals surface area (Å²) in [6.07, 6.45) is 3.05. The Bertz CT molecular complexity index is 715. The molecule has 8 heteroatoms. The number of aromatic hydroxyl groups is 1. The topological polar surface area (TPSA) is 86.7 Å². The molecule has 6 nitrogen and oxygen atoms in total. The number of aromatic nitrogens is 1. The van der Waals surface area contributed by atoms with Crippen LogP contribution in [0, 0.1) is 0 Å². The molecule has 0 aliphatic heterocycles. The molecule has 2 aromatic rings. The lowest BCUT2D eigenvalue weighted by atomic mass is 10.2. The number of hydrogen-bond acceptors (Lipinski definition) is 4. The highest BCUT2D eigenvalue weighted by molar-refractivity contribution is 9.10. The lowest BCUT2D eigenvalue weighted by Gasteiger charge is -2.08. The van der Waals surface area contributed by atoms with Crippen molar-refractivity contribution in [1.29, 1.82) is 0 Å². The van der Waals surface area contributed by atoms with Crippen LogP contribution in [0.4, 0.5) is 0 Å². The lowest BCUT2D eigenvalue weighted by Crippen LogP contribution is -2.17. The van der Waals surface area contributed by atoms with Crippen LogP contribution < -0.4 is 10.2 Å². The van der Waals surface area contributed by atoms with E-state index in [2.05, 4.69) is 31.4 Å². The van der Waals surface area contributed by atoms with Crippen LogP contribution in [0.5, 0.6) is 11.5 Å². The molecule has 2 rings (SSSR count). The van der Waals surface area contributed by atoms with Gasteiger partial charge in [-0.15, -0.1) is 0 Å². The number of ether oxygens (including phenoxy) is 1. The Morgan fingerprint density at radius 2 is 2.32 bits per heavy atom. The van der Waals surface area contributed by atoms with E-state index in [0.717, 1.165) is 4.47 Å². The van der Waals surface area contributed by atoms with E-state index in [1.54, 1.807) is 25.3 Å². The molecule has 0 unspecified atom stereocenters. The summed E-state index contributed by atoms with van der Waals surface area (Å²) in [7, 11) is 0. The minimum Gasteiger partial charge on any atom is -0.503 e. The second-order valence-corrected chi connectivity index (χ2v) is 5.54. The van der Waals surface area contributed by atoms with Gasteiger partial charge < -0.3 is 14.8 Å². The van der Waals surface area contributed by atoms with Gasteiger partial charge in [-0.25, -0.2) is 5.43 Å². The summed E-state index contributed by atoms with van der Waals surface area (Å²) in [5.74, 6) is -0.242. The van der Waals surface area contributed by atoms with E-state index in [1.165, 1.54) is 12.3 Å². The molecule has 1 aromatic heterocycles. The van der Waals surface area contributed by atoms with Gasteiger partial charge in [-0.3, -0.25) is 4.79 Å². The highest BCUT2D eigenvalue weighted by Crippen LogP contribution is 2.34. The van der Waals surface area contributed by atoms with Gasteiger partial charge in [-0.2, -0.15) is 5.10 Å². The predicted octanol–water partition coefficient (Wildman–Crippen LogP) is 3.30. The van der Waals surface area contributed by atoms with E-state index in [4.69, 9.17) is 16.3 Å². The summed E-state index contributed by atoms with van der Waals surface area (Å²) in [5.41, 5.74) is 3.34. The maximum Gasteiger partial charge on any atom is 0.287 e. The number of amides is 1. The highest BCUT2D eigenvalue weighted by atomic mass is 79.9. The number of phenolic OH excluding ortho intramolecular Hbond substituents is 1. The third kappa shape index (κ3) is 4.02. The first-order chi connectivity index (χ1) is 10.5. The fraction of sp³-hybridized carbons (Fsp3) is 0.143. The van der Waals surface area contributed by atoms with Crippen molar-refractivity contribution < 1.29 is 14.6 Å². The number of benzene rings is 1. The van der Waals surface area contributed by atoms with Gasteiger partial charge in [-0.1, -0.05) is 11.6 Å². The number of aromatic amines is 1. The Hall–Kier alpha value is -1.99. The van der Waals surface area contributed by atoms with Crippen LogP contribution in [-0.2, 0) is 0 Å². The Morgan fingerprint density at radius 1 is 1.55 bits per heavy atom. The number of nitrogens with zero attached hydrogens (tertiary/aromatic N) is 1. The molecule has 0 aliphatic carbocycles. The first-order valence-corrected chi connectivity index (χ1v) is 7.51. The maximum absolute atomic E-state index is 11.8. The normalized spacial score (nSPS) is 10.9. The van der Waals surface area contributed by atoms with Gasteiger partial charge in [-0.05, 0) is 46.6 Å². The molecule has 116 valence electrons.